The number of benzene rings is 2. The first-order valence-corrected chi connectivity index (χ1v) is 9.29. The summed E-state index contributed by atoms with van der Waals surface area (Å²) in [4.78, 5) is 27.3. The summed E-state index contributed by atoms with van der Waals surface area (Å²) in [6.07, 6.45) is 3.20. The number of carbonyl (C=O) groups excluding carboxylic acids is 2. The standard InChI is InChI=1S/C19H16N2O4S/c1-12(22)14-6-7-16(13(2)23)19(10-14)26(24,25)21-18-5-3-4-15-11-20-9-8-17(15)18/h3-11,21H,1-2H3. The Morgan fingerprint density at radius 2 is 1.77 bits per heavy atom. The van der Waals surface area contributed by atoms with Gasteiger partial charge in [-0.15, -0.1) is 0 Å². The molecule has 3 rings (SSSR count). The molecule has 132 valence electrons. The zero-order valence-electron chi connectivity index (χ0n) is 14.2. The summed E-state index contributed by atoms with van der Waals surface area (Å²) in [5.41, 5.74) is 0.620. The van der Waals surface area contributed by atoms with Gasteiger partial charge in [0.05, 0.1) is 10.6 Å². The quantitative estimate of drug-likeness (QED) is 0.696. The van der Waals surface area contributed by atoms with E-state index in [0.29, 0.717) is 11.1 Å². The number of pyridine rings is 1. The van der Waals surface area contributed by atoms with Crippen LogP contribution in [-0.4, -0.2) is 25.0 Å². The second-order valence-electron chi connectivity index (χ2n) is 5.83. The normalized spacial score (nSPS) is 11.3. The van der Waals surface area contributed by atoms with Crippen LogP contribution in [0.2, 0.25) is 0 Å². The fourth-order valence-electron chi connectivity index (χ4n) is 2.67. The molecule has 7 heteroatoms. The molecule has 26 heavy (non-hydrogen) atoms. The number of carbonyl (C=O) groups is 2. The Morgan fingerprint density at radius 3 is 2.46 bits per heavy atom. The minimum absolute atomic E-state index is 0.0319. The maximum Gasteiger partial charge on any atom is 0.262 e. The van der Waals surface area contributed by atoms with E-state index in [2.05, 4.69) is 9.71 Å². The van der Waals surface area contributed by atoms with E-state index in [1.165, 1.54) is 32.0 Å². The molecule has 0 saturated carbocycles. The average Bonchev–Trinajstić information content (AvgIpc) is 2.61. The van der Waals surface area contributed by atoms with Crippen molar-refractivity contribution in [3.8, 4) is 0 Å². The summed E-state index contributed by atoms with van der Waals surface area (Å²) in [6.45, 7) is 2.62. The second kappa shape index (κ2) is 6.68. The number of aromatic nitrogens is 1. The van der Waals surface area contributed by atoms with Crippen molar-refractivity contribution in [1.82, 2.24) is 4.98 Å². The molecule has 0 radical (unpaired) electrons. The predicted octanol–water partition coefficient (Wildman–Crippen LogP) is 3.44. The van der Waals surface area contributed by atoms with Gasteiger partial charge >= 0.3 is 0 Å². The minimum Gasteiger partial charge on any atom is -0.295 e. The minimum atomic E-state index is -4.08. The molecule has 3 aromatic rings. The van der Waals surface area contributed by atoms with E-state index < -0.39 is 15.8 Å². The number of fused-ring (bicyclic) bond motifs is 1. The van der Waals surface area contributed by atoms with Crippen molar-refractivity contribution in [2.24, 2.45) is 0 Å². The maximum atomic E-state index is 13.0. The number of hydrogen-bond acceptors (Lipinski definition) is 5. The van der Waals surface area contributed by atoms with Gasteiger partial charge < -0.3 is 0 Å². The molecular formula is C19H16N2O4S. The highest BCUT2D eigenvalue weighted by Crippen LogP contribution is 2.27. The van der Waals surface area contributed by atoms with Crippen LogP contribution in [0.4, 0.5) is 5.69 Å². The van der Waals surface area contributed by atoms with Crippen molar-refractivity contribution in [3.05, 3.63) is 66.0 Å². The van der Waals surface area contributed by atoms with Crippen LogP contribution in [0.5, 0.6) is 0 Å². The van der Waals surface area contributed by atoms with Crippen molar-refractivity contribution < 1.29 is 18.0 Å². The fraction of sp³-hybridized carbons (Fsp3) is 0.105. The molecule has 0 aliphatic carbocycles. The van der Waals surface area contributed by atoms with Crippen molar-refractivity contribution in [2.45, 2.75) is 18.7 Å². The average molecular weight is 368 g/mol. The summed E-state index contributed by atoms with van der Waals surface area (Å²) in [7, 11) is -4.08. The lowest BCUT2D eigenvalue weighted by molar-refractivity contribution is 0.0999. The number of hydrogen-bond donors (Lipinski definition) is 1. The predicted molar refractivity (Wildman–Crippen MR) is 99.0 cm³/mol. The molecule has 0 atom stereocenters. The lowest BCUT2D eigenvalue weighted by Gasteiger charge is -2.13. The van der Waals surface area contributed by atoms with Crippen LogP contribution in [-0.2, 0) is 10.0 Å². The van der Waals surface area contributed by atoms with Crippen LogP contribution in [0, 0.1) is 0 Å². The molecule has 1 heterocycles. The van der Waals surface area contributed by atoms with E-state index in [9.17, 15) is 18.0 Å². The molecule has 6 nitrogen and oxygen atoms in total. The third kappa shape index (κ3) is 3.34. The van der Waals surface area contributed by atoms with Crippen LogP contribution < -0.4 is 4.72 Å². The Kier molecular flexibility index (Phi) is 4.56. The lowest BCUT2D eigenvalue weighted by atomic mass is 10.1. The SMILES string of the molecule is CC(=O)c1ccc(C(C)=O)c(S(=O)(=O)Nc2cccc3cnccc23)c1. The first-order chi connectivity index (χ1) is 12.3. The largest absolute Gasteiger partial charge is 0.295 e. The lowest BCUT2D eigenvalue weighted by Crippen LogP contribution is -2.17. The first-order valence-electron chi connectivity index (χ1n) is 7.81. The number of ketones is 2. The number of sulfonamides is 1. The molecule has 0 fully saturated rings. The van der Waals surface area contributed by atoms with Gasteiger partial charge in [0.15, 0.2) is 11.6 Å². The Balaban J connectivity index is 2.15. The fourth-order valence-corrected chi connectivity index (χ4v) is 4.03. The summed E-state index contributed by atoms with van der Waals surface area (Å²) < 4.78 is 28.4. The molecule has 0 saturated heterocycles. The highest BCUT2D eigenvalue weighted by atomic mass is 32.2. The van der Waals surface area contributed by atoms with Gasteiger partial charge in [-0.2, -0.15) is 0 Å². The summed E-state index contributed by atoms with van der Waals surface area (Å²) in [5.74, 6) is -0.685. The van der Waals surface area contributed by atoms with E-state index in [4.69, 9.17) is 0 Å². The van der Waals surface area contributed by atoms with Crippen LogP contribution in [0.25, 0.3) is 10.8 Å². The molecule has 1 N–H and O–H groups in total. The Bertz CT molecular complexity index is 1130. The van der Waals surface area contributed by atoms with Crippen LogP contribution in [0.15, 0.2) is 59.8 Å². The Labute approximate surface area is 150 Å². The van der Waals surface area contributed by atoms with E-state index in [1.54, 1.807) is 30.6 Å². The third-order valence-electron chi connectivity index (χ3n) is 3.98. The maximum absolute atomic E-state index is 13.0. The van der Waals surface area contributed by atoms with Crippen LogP contribution in [0.3, 0.4) is 0 Å². The molecular weight excluding hydrogens is 352 g/mol. The molecule has 0 unspecified atom stereocenters. The highest BCUT2D eigenvalue weighted by Gasteiger charge is 2.23. The first kappa shape index (κ1) is 17.8. The summed E-state index contributed by atoms with van der Waals surface area (Å²) in [5, 5.41) is 1.45. The molecule has 0 bridgehead atoms. The number of anilines is 1. The van der Waals surface area contributed by atoms with Gasteiger partial charge in [-0.3, -0.25) is 19.3 Å². The third-order valence-corrected chi connectivity index (χ3v) is 5.39. The highest BCUT2D eigenvalue weighted by molar-refractivity contribution is 7.92. The Hall–Kier alpha value is -3.06. The Morgan fingerprint density at radius 1 is 1.00 bits per heavy atom. The zero-order chi connectivity index (χ0) is 18.9. The van der Waals surface area contributed by atoms with E-state index in [1.807, 2.05) is 6.07 Å². The van der Waals surface area contributed by atoms with Crippen LogP contribution >= 0.6 is 0 Å². The number of Topliss-reactive ketones (excluding diaryl/α,β-unsaturated/α-hetero) is 2. The molecule has 0 aliphatic rings. The van der Waals surface area contributed by atoms with Gasteiger partial charge in [0.2, 0.25) is 0 Å². The van der Waals surface area contributed by atoms with Gasteiger partial charge in [-0.05, 0) is 38.1 Å². The monoisotopic (exact) mass is 368 g/mol. The van der Waals surface area contributed by atoms with Gasteiger partial charge in [-0.25, -0.2) is 8.42 Å². The molecule has 1 aromatic heterocycles. The van der Waals surface area contributed by atoms with Crippen molar-refractivity contribution in [1.29, 1.82) is 0 Å². The van der Waals surface area contributed by atoms with Gasteiger partial charge in [0.25, 0.3) is 10.0 Å². The second-order valence-corrected chi connectivity index (χ2v) is 7.48. The van der Waals surface area contributed by atoms with Gasteiger partial charge in [0.1, 0.15) is 0 Å². The molecule has 0 aliphatic heterocycles. The topological polar surface area (TPSA) is 93.2 Å². The van der Waals surface area contributed by atoms with E-state index >= 15 is 0 Å². The summed E-state index contributed by atoms with van der Waals surface area (Å²) >= 11 is 0. The van der Waals surface area contributed by atoms with Crippen molar-refractivity contribution in [2.75, 3.05) is 4.72 Å². The number of rotatable bonds is 5. The molecule has 0 spiro atoms. The van der Waals surface area contributed by atoms with Crippen molar-refractivity contribution in [3.63, 3.8) is 0 Å². The zero-order valence-corrected chi connectivity index (χ0v) is 15.0. The smallest absolute Gasteiger partial charge is 0.262 e. The summed E-state index contributed by atoms with van der Waals surface area (Å²) in [6, 6.07) is 10.9. The van der Waals surface area contributed by atoms with E-state index in [-0.39, 0.29) is 21.8 Å². The van der Waals surface area contributed by atoms with Gasteiger partial charge in [0, 0.05) is 34.3 Å². The van der Waals surface area contributed by atoms with Crippen molar-refractivity contribution >= 4 is 38.0 Å². The number of nitrogens with zero attached hydrogens (tertiary/aromatic N) is 1. The molecule has 0 amide bonds. The van der Waals surface area contributed by atoms with Gasteiger partial charge in [-0.1, -0.05) is 18.2 Å². The van der Waals surface area contributed by atoms with E-state index in [0.717, 1.165) is 5.39 Å². The van der Waals surface area contributed by atoms with Crippen LogP contribution in [0.1, 0.15) is 34.6 Å². The molecule has 2 aromatic carbocycles. The number of nitrogens with one attached hydrogen (secondary N) is 1.